The molecule has 1 aliphatic rings. The highest BCUT2D eigenvalue weighted by Gasteiger charge is 2.48. The summed E-state index contributed by atoms with van der Waals surface area (Å²) in [7, 11) is 11.2. The van der Waals surface area contributed by atoms with Crippen molar-refractivity contribution in [3.05, 3.63) is 163 Å². The van der Waals surface area contributed by atoms with Crippen molar-refractivity contribution in [2.45, 2.75) is 5.60 Å². The van der Waals surface area contributed by atoms with E-state index in [4.69, 9.17) is 60.6 Å². The summed E-state index contributed by atoms with van der Waals surface area (Å²) in [5.74, 6) is 0.692. The standard InChI is InChI=1S/C42H36Cl4N2O4/c1-47(2)29-15-7-25(8-16-29)33(27-11-19-31(50-5)20-12-27)23-42(36-35(41(49)52-42)37(43)39(45)40(46)38(36)44)24-34(28-13-21-32(51-6)22-14-28)26-9-17-30(18-10-26)48(3)4/h7-24H,1-6H3/b33-23+,34-24+. The molecule has 5 aromatic carbocycles. The van der Waals surface area contributed by atoms with Crippen molar-refractivity contribution < 1.29 is 19.0 Å². The highest BCUT2D eigenvalue weighted by Crippen LogP contribution is 2.53. The highest BCUT2D eigenvalue weighted by molar-refractivity contribution is 6.53. The van der Waals surface area contributed by atoms with Gasteiger partial charge in [-0.05, 0) is 94.1 Å². The molecule has 0 bridgehead atoms. The molecule has 0 spiro atoms. The topological polar surface area (TPSA) is 51.2 Å². The second kappa shape index (κ2) is 15.2. The number of fused-ring (bicyclic) bond motifs is 1. The molecule has 0 N–H and O–H groups in total. The fourth-order valence-corrected chi connectivity index (χ4v) is 7.28. The van der Waals surface area contributed by atoms with E-state index in [-0.39, 0.29) is 31.2 Å². The summed E-state index contributed by atoms with van der Waals surface area (Å²) in [5.41, 5.74) is 5.61. The van der Waals surface area contributed by atoms with Gasteiger partial charge in [0.15, 0.2) is 5.60 Å². The van der Waals surface area contributed by atoms with E-state index in [9.17, 15) is 4.79 Å². The Hall–Kier alpha value is -4.59. The summed E-state index contributed by atoms with van der Waals surface area (Å²) in [6.45, 7) is 0. The van der Waals surface area contributed by atoms with E-state index < -0.39 is 11.6 Å². The Balaban J connectivity index is 1.74. The molecule has 0 saturated carbocycles. The minimum Gasteiger partial charge on any atom is -0.497 e. The van der Waals surface area contributed by atoms with Crippen LogP contribution < -0.4 is 19.3 Å². The number of nitrogens with zero attached hydrogens (tertiary/aromatic N) is 2. The Bertz CT molecular complexity index is 2060. The number of cyclic esters (lactones) is 1. The van der Waals surface area contributed by atoms with Gasteiger partial charge in [-0.1, -0.05) is 94.9 Å². The fourth-order valence-electron chi connectivity index (χ4n) is 6.21. The summed E-state index contributed by atoms with van der Waals surface area (Å²) in [6.07, 6.45) is 3.79. The molecule has 0 unspecified atom stereocenters. The number of hydrogen-bond acceptors (Lipinski definition) is 6. The van der Waals surface area contributed by atoms with Gasteiger partial charge in [-0.3, -0.25) is 0 Å². The molecule has 6 rings (SSSR count). The van der Waals surface area contributed by atoms with Gasteiger partial charge in [-0.2, -0.15) is 0 Å². The summed E-state index contributed by atoms with van der Waals surface area (Å²) in [6, 6.07) is 31.5. The van der Waals surface area contributed by atoms with Crippen molar-refractivity contribution in [1.29, 1.82) is 0 Å². The molecule has 0 atom stereocenters. The van der Waals surface area contributed by atoms with Gasteiger partial charge in [0.1, 0.15) is 11.5 Å². The van der Waals surface area contributed by atoms with Gasteiger partial charge in [0, 0.05) is 45.1 Å². The molecular weight excluding hydrogens is 738 g/mol. The lowest BCUT2D eigenvalue weighted by atomic mass is 9.83. The average molecular weight is 775 g/mol. The molecule has 6 nitrogen and oxygen atoms in total. The molecule has 0 radical (unpaired) electrons. The monoisotopic (exact) mass is 772 g/mol. The van der Waals surface area contributed by atoms with E-state index >= 15 is 0 Å². The first kappa shape index (κ1) is 37.2. The van der Waals surface area contributed by atoms with Gasteiger partial charge in [-0.25, -0.2) is 4.79 Å². The van der Waals surface area contributed by atoms with Crippen LogP contribution in [-0.2, 0) is 10.3 Å². The third kappa shape index (κ3) is 7.09. The number of anilines is 2. The second-order valence-corrected chi connectivity index (χ2v) is 14.2. The third-order valence-electron chi connectivity index (χ3n) is 9.03. The Kier molecular flexibility index (Phi) is 10.8. The number of ether oxygens (including phenoxy) is 3. The number of halogens is 4. The number of esters is 1. The van der Waals surface area contributed by atoms with Gasteiger partial charge < -0.3 is 24.0 Å². The predicted molar refractivity (Wildman–Crippen MR) is 215 cm³/mol. The first-order valence-electron chi connectivity index (χ1n) is 16.3. The van der Waals surface area contributed by atoms with Crippen LogP contribution in [0.15, 0.2) is 109 Å². The largest absolute Gasteiger partial charge is 0.497 e. The lowest BCUT2D eigenvalue weighted by Crippen LogP contribution is -2.23. The molecule has 0 fully saturated rings. The normalized spacial score (nSPS) is 13.8. The van der Waals surface area contributed by atoms with Crippen LogP contribution in [0.5, 0.6) is 11.5 Å². The molecule has 1 heterocycles. The number of methoxy groups -OCH3 is 2. The first-order chi connectivity index (χ1) is 24.9. The van der Waals surface area contributed by atoms with E-state index in [1.54, 1.807) is 14.2 Å². The minimum atomic E-state index is -1.63. The van der Waals surface area contributed by atoms with Crippen molar-refractivity contribution in [3.8, 4) is 11.5 Å². The molecule has 0 saturated heterocycles. The lowest BCUT2D eigenvalue weighted by molar-refractivity contribution is 0.0300. The summed E-state index contributed by atoms with van der Waals surface area (Å²) < 4.78 is 17.5. The smallest absolute Gasteiger partial charge is 0.341 e. The SMILES string of the molecule is COc1ccc(/C(=C/C2(/C=C(/c3ccc(OC)cc3)c3ccc(N(C)C)cc3)OC(=O)c3c(Cl)c(Cl)c(Cl)c(Cl)c32)c2ccc(N(C)C)cc2)cc1. The summed E-state index contributed by atoms with van der Waals surface area (Å²) in [5, 5.41) is -0.00257. The molecular formula is C42H36Cl4N2O4. The zero-order chi connectivity index (χ0) is 37.3. The van der Waals surface area contributed by atoms with Crippen molar-refractivity contribution >= 4 is 74.9 Å². The van der Waals surface area contributed by atoms with Gasteiger partial charge in [0.25, 0.3) is 0 Å². The Morgan fingerprint density at radius 2 is 0.904 bits per heavy atom. The van der Waals surface area contributed by atoms with Crippen molar-refractivity contribution in [2.24, 2.45) is 0 Å². The molecule has 5 aromatic rings. The van der Waals surface area contributed by atoms with Crippen LogP contribution in [0.2, 0.25) is 20.1 Å². The number of benzene rings is 5. The maximum atomic E-state index is 14.1. The van der Waals surface area contributed by atoms with Crippen molar-refractivity contribution in [3.63, 3.8) is 0 Å². The van der Waals surface area contributed by atoms with Crippen LogP contribution in [0.25, 0.3) is 11.1 Å². The number of carbonyl (C=O) groups is 1. The van der Waals surface area contributed by atoms with E-state index in [1.807, 2.05) is 147 Å². The van der Waals surface area contributed by atoms with Crippen LogP contribution >= 0.6 is 46.4 Å². The number of hydrogen-bond donors (Lipinski definition) is 0. The van der Waals surface area contributed by atoms with Crippen LogP contribution in [0.3, 0.4) is 0 Å². The van der Waals surface area contributed by atoms with Crippen LogP contribution in [-0.4, -0.2) is 48.4 Å². The fraction of sp³-hybridized carbons (Fsp3) is 0.167. The van der Waals surface area contributed by atoms with Crippen molar-refractivity contribution in [1.82, 2.24) is 0 Å². The van der Waals surface area contributed by atoms with E-state index in [0.29, 0.717) is 11.5 Å². The Morgan fingerprint density at radius 1 is 0.558 bits per heavy atom. The van der Waals surface area contributed by atoms with Gasteiger partial charge in [0.2, 0.25) is 0 Å². The third-order valence-corrected chi connectivity index (χ3v) is 10.8. The highest BCUT2D eigenvalue weighted by atomic mass is 35.5. The van der Waals surface area contributed by atoms with Crippen molar-refractivity contribution in [2.75, 3.05) is 52.2 Å². The summed E-state index contributed by atoms with van der Waals surface area (Å²) >= 11 is 27.2. The molecule has 0 aromatic heterocycles. The number of carbonyl (C=O) groups excluding carboxylic acids is 1. The van der Waals surface area contributed by atoms with E-state index in [0.717, 1.165) is 44.8 Å². The van der Waals surface area contributed by atoms with E-state index in [2.05, 4.69) is 0 Å². The van der Waals surface area contributed by atoms with Gasteiger partial charge in [0.05, 0.1) is 39.9 Å². The second-order valence-electron chi connectivity index (χ2n) is 12.6. The molecule has 10 heteroatoms. The van der Waals surface area contributed by atoms with Crippen LogP contribution in [0.4, 0.5) is 11.4 Å². The zero-order valence-corrected chi connectivity index (χ0v) is 32.5. The van der Waals surface area contributed by atoms with E-state index in [1.165, 1.54) is 0 Å². The molecule has 0 amide bonds. The average Bonchev–Trinajstić information content (AvgIpc) is 3.45. The molecule has 0 aliphatic carbocycles. The maximum absolute atomic E-state index is 14.1. The zero-order valence-electron chi connectivity index (χ0n) is 29.4. The van der Waals surface area contributed by atoms with Gasteiger partial charge in [-0.15, -0.1) is 0 Å². The summed E-state index contributed by atoms with van der Waals surface area (Å²) in [4.78, 5) is 18.1. The maximum Gasteiger partial charge on any atom is 0.341 e. The molecule has 266 valence electrons. The quantitative estimate of drug-likeness (QED) is 0.0800. The molecule has 1 aliphatic heterocycles. The molecule has 52 heavy (non-hydrogen) atoms. The van der Waals surface area contributed by atoms with Crippen LogP contribution in [0.1, 0.15) is 38.2 Å². The van der Waals surface area contributed by atoms with Crippen LogP contribution in [0, 0.1) is 0 Å². The lowest BCUT2D eigenvalue weighted by Gasteiger charge is -2.27. The first-order valence-corrected chi connectivity index (χ1v) is 17.8. The predicted octanol–water partition coefficient (Wildman–Crippen LogP) is 11.1. The Labute approximate surface area is 324 Å². The Morgan fingerprint density at radius 3 is 1.25 bits per heavy atom. The minimum absolute atomic E-state index is 0.0132. The van der Waals surface area contributed by atoms with Gasteiger partial charge >= 0.3 is 5.97 Å². The number of rotatable bonds is 10.